The summed E-state index contributed by atoms with van der Waals surface area (Å²) in [5.74, 6) is -3.22. The molecule has 1 aliphatic carbocycles. The lowest BCUT2D eigenvalue weighted by molar-refractivity contribution is -0.151. The van der Waals surface area contributed by atoms with Crippen molar-refractivity contribution in [3.8, 4) is 11.1 Å². The van der Waals surface area contributed by atoms with Gasteiger partial charge in [-0.05, 0) is 38.6 Å². The highest BCUT2D eigenvalue weighted by Crippen LogP contribution is 2.44. The molecule has 0 saturated heterocycles. The standard InChI is InChI=1S/C28H23NO4/c29-26(25(27(30)31)23-15-7-9-17-8-1-2-10-18(17)23)28(32)33-16-24-21-13-5-3-11-19(21)20-12-4-6-14-22(20)24/h1-15,24-26H,16,29H2,(H,30,31). The van der Waals surface area contributed by atoms with Crippen LogP contribution in [-0.2, 0) is 14.3 Å². The van der Waals surface area contributed by atoms with Crippen LogP contribution in [0.25, 0.3) is 21.9 Å². The number of hydrogen-bond acceptors (Lipinski definition) is 4. The Morgan fingerprint density at radius 3 is 2.06 bits per heavy atom. The minimum Gasteiger partial charge on any atom is -0.481 e. The van der Waals surface area contributed by atoms with E-state index in [-0.39, 0.29) is 12.5 Å². The van der Waals surface area contributed by atoms with Crippen molar-refractivity contribution >= 4 is 22.7 Å². The number of nitrogens with two attached hydrogens (primary N) is 1. The van der Waals surface area contributed by atoms with E-state index in [9.17, 15) is 14.7 Å². The molecule has 5 heteroatoms. The predicted molar refractivity (Wildman–Crippen MR) is 127 cm³/mol. The molecule has 33 heavy (non-hydrogen) atoms. The first-order chi connectivity index (χ1) is 16.1. The molecule has 0 aromatic heterocycles. The minimum atomic E-state index is -1.33. The molecule has 5 rings (SSSR count). The number of carbonyl (C=O) groups is 2. The van der Waals surface area contributed by atoms with Gasteiger partial charge in [-0.1, -0.05) is 91.0 Å². The Morgan fingerprint density at radius 2 is 1.39 bits per heavy atom. The van der Waals surface area contributed by atoms with Gasteiger partial charge >= 0.3 is 11.9 Å². The number of fused-ring (bicyclic) bond motifs is 4. The van der Waals surface area contributed by atoms with E-state index in [1.165, 1.54) is 0 Å². The zero-order chi connectivity index (χ0) is 22.9. The number of carboxylic acid groups (broad SMARTS) is 1. The zero-order valence-electron chi connectivity index (χ0n) is 17.8. The smallest absolute Gasteiger partial charge is 0.324 e. The molecular weight excluding hydrogens is 414 g/mol. The summed E-state index contributed by atoms with van der Waals surface area (Å²) >= 11 is 0. The first-order valence-corrected chi connectivity index (χ1v) is 10.9. The maximum Gasteiger partial charge on any atom is 0.324 e. The normalized spacial score (nSPS) is 14.3. The van der Waals surface area contributed by atoms with Gasteiger partial charge in [-0.3, -0.25) is 9.59 Å². The van der Waals surface area contributed by atoms with Gasteiger partial charge in [-0.25, -0.2) is 0 Å². The highest BCUT2D eigenvalue weighted by atomic mass is 16.5. The number of hydrogen-bond donors (Lipinski definition) is 2. The summed E-state index contributed by atoms with van der Waals surface area (Å²) in [6, 6.07) is 27.6. The van der Waals surface area contributed by atoms with Crippen molar-refractivity contribution in [1.82, 2.24) is 0 Å². The molecule has 0 radical (unpaired) electrons. The van der Waals surface area contributed by atoms with Gasteiger partial charge in [-0.15, -0.1) is 0 Å². The number of carbonyl (C=O) groups excluding carboxylic acids is 1. The second-order valence-corrected chi connectivity index (χ2v) is 8.27. The monoisotopic (exact) mass is 437 g/mol. The van der Waals surface area contributed by atoms with E-state index >= 15 is 0 Å². The fraction of sp³-hybridized carbons (Fsp3) is 0.143. The summed E-state index contributed by atoms with van der Waals surface area (Å²) in [4.78, 5) is 25.2. The van der Waals surface area contributed by atoms with Crippen LogP contribution in [0.3, 0.4) is 0 Å². The SMILES string of the molecule is NC(C(=O)OCC1c2ccccc2-c2ccccc21)C(C(=O)O)c1cccc2ccccc12. The molecule has 4 aromatic carbocycles. The molecule has 1 aliphatic rings. The Balaban J connectivity index is 1.40. The summed E-state index contributed by atoms with van der Waals surface area (Å²) in [7, 11) is 0. The lowest BCUT2D eigenvalue weighted by Crippen LogP contribution is -2.42. The summed E-state index contributed by atoms with van der Waals surface area (Å²) < 4.78 is 5.64. The molecule has 3 N–H and O–H groups in total. The zero-order valence-corrected chi connectivity index (χ0v) is 17.8. The van der Waals surface area contributed by atoms with E-state index in [2.05, 4.69) is 12.1 Å². The van der Waals surface area contributed by atoms with E-state index in [1.54, 1.807) is 12.1 Å². The Labute approximate surface area is 191 Å². The number of esters is 1. The van der Waals surface area contributed by atoms with E-state index in [1.807, 2.05) is 66.7 Å². The quantitative estimate of drug-likeness (QED) is 0.427. The van der Waals surface area contributed by atoms with Gasteiger partial charge in [0.25, 0.3) is 0 Å². The number of ether oxygens (including phenoxy) is 1. The summed E-state index contributed by atoms with van der Waals surface area (Å²) in [5, 5.41) is 11.6. The van der Waals surface area contributed by atoms with E-state index < -0.39 is 23.9 Å². The Morgan fingerprint density at radius 1 is 0.818 bits per heavy atom. The molecule has 0 heterocycles. The maximum absolute atomic E-state index is 13.0. The van der Waals surface area contributed by atoms with Crippen molar-refractivity contribution in [2.45, 2.75) is 17.9 Å². The first kappa shape index (κ1) is 20.9. The molecule has 2 atom stereocenters. The van der Waals surface area contributed by atoms with Crippen LogP contribution in [-0.4, -0.2) is 29.7 Å². The molecule has 5 nitrogen and oxygen atoms in total. The van der Waals surface area contributed by atoms with Gasteiger partial charge in [0.1, 0.15) is 18.6 Å². The Hall–Kier alpha value is -3.96. The van der Waals surface area contributed by atoms with Crippen molar-refractivity contribution < 1.29 is 19.4 Å². The number of carboxylic acids is 1. The van der Waals surface area contributed by atoms with Gasteiger partial charge in [0, 0.05) is 5.92 Å². The second-order valence-electron chi connectivity index (χ2n) is 8.27. The van der Waals surface area contributed by atoms with Crippen molar-refractivity contribution in [1.29, 1.82) is 0 Å². The Bertz CT molecular complexity index is 1310. The largest absolute Gasteiger partial charge is 0.481 e. The summed E-state index contributed by atoms with van der Waals surface area (Å²) in [6.07, 6.45) is 0. The summed E-state index contributed by atoms with van der Waals surface area (Å²) in [5.41, 5.74) is 11.1. The van der Waals surface area contributed by atoms with Gasteiger partial charge in [0.05, 0.1) is 0 Å². The summed E-state index contributed by atoms with van der Waals surface area (Å²) in [6.45, 7) is 0.0996. The molecular formula is C28H23NO4. The van der Waals surface area contributed by atoms with Crippen LogP contribution in [0.1, 0.15) is 28.5 Å². The van der Waals surface area contributed by atoms with Crippen molar-refractivity contribution in [3.05, 3.63) is 108 Å². The van der Waals surface area contributed by atoms with Crippen LogP contribution in [0.4, 0.5) is 0 Å². The average molecular weight is 437 g/mol. The van der Waals surface area contributed by atoms with Crippen LogP contribution in [0.15, 0.2) is 91.0 Å². The third-order valence-corrected chi connectivity index (χ3v) is 6.41. The lowest BCUT2D eigenvalue weighted by atomic mass is 9.88. The van der Waals surface area contributed by atoms with Gasteiger partial charge < -0.3 is 15.6 Å². The fourth-order valence-corrected chi connectivity index (χ4v) is 4.84. The molecule has 0 fully saturated rings. The lowest BCUT2D eigenvalue weighted by Gasteiger charge is -2.22. The number of rotatable bonds is 6. The van der Waals surface area contributed by atoms with E-state index in [4.69, 9.17) is 10.5 Å². The molecule has 0 spiro atoms. The molecule has 0 aliphatic heterocycles. The van der Waals surface area contributed by atoms with Gasteiger partial charge in [0.2, 0.25) is 0 Å². The maximum atomic E-state index is 13.0. The van der Waals surface area contributed by atoms with Gasteiger partial charge in [-0.2, -0.15) is 0 Å². The van der Waals surface area contributed by atoms with Crippen LogP contribution in [0, 0.1) is 0 Å². The van der Waals surface area contributed by atoms with Crippen LogP contribution in [0.5, 0.6) is 0 Å². The van der Waals surface area contributed by atoms with Crippen molar-refractivity contribution in [2.24, 2.45) is 5.73 Å². The topological polar surface area (TPSA) is 89.6 Å². The van der Waals surface area contributed by atoms with Gasteiger partial charge in [0.15, 0.2) is 0 Å². The third-order valence-electron chi connectivity index (χ3n) is 6.41. The van der Waals surface area contributed by atoms with Crippen molar-refractivity contribution in [3.63, 3.8) is 0 Å². The van der Waals surface area contributed by atoms with Crippen LogP contribution in [0.2, 0.25) is 0 Å². The van der Waals surface area contributed by atoms with E-state index in [0.717, 1.165) is 33.0 Å². The number of aliphatic carboxylic acids is 1. The highest BCUT2D eigenvalue weighted by Gasteiger charge is 2.36. The number of benzene rings is 4. The first-order valence-electron chi connectivity index (χ1n) is 10.9. The molecule has 4 aromatic rings. The third kappa shape index (κ3) is 3.66. The van der Waals surface area contributed by atoms with Crippen LogP contribution < -0.4 is 5.73 Å². The highest BCUT2D eigenvalue weighted by molar-refractivity contribution is 5.94. The predicted octanol–water partition coefficient (Wildman–Crippen LogP) is 4.69. The molecule has 0 amide bonds. The molecule has 0 saturated carbocycles. The molecule has 0 bridgehead atoms. The fourth-order valence-electron chi connectivity index (χ4n) is 4.84. The molecule has 164 valence electrons. The Kier molecular flexibility index (Phi) is 5.40. The second kappa shape index (κ2) is 8.52. The minimum absolute atomic E-state index is 0.0996. The van der Waals surface area contributed by atoms with Crippen molar-refractivity contribution in [2.75, 3.05) is 6.61 Å². The average Bonchev–Trinajstić information content (AvgIpc) is 3.16. The molecule has 2 unspecified atom stereocenters. The van der Waals surface area contributed by atoms with E-state index in [0.29, 0.717) is 5.56 Å². The van der Waals surface area contributed by atoms with Crippen LogP contribution >= 0.6 is 0 Å².